The molecule has 2 aromatic rings. The Morgan fingerprint density at radius 1 is 1.26 bits per heavy atom. The fraction of sp³-hybridized carbons (Fsp3) is 0.278. The van der Waals surface area contributed by atoms with Gasteiger partial charge in [0.05, 0.1) is 24.3 Å². The molecule has 0 radical (unpaired) electrons. The van der Waals surface area contributed by atoms with Crippen LogP contribution >= 0.6 is 11.8 Å². The van der Waals surface area contributed by atoms with Crippen molar-refractivity contribution in [1.29, 1.82) is 0 Å². The molecule has 0 fully saturated rings. The molecule has 0 saturated carbocycles. The van der Waals surface area contributed by atoms with Crippen molar-refractivity contribution < 1.29 is 19.1 Å². The summed E-state index contributed by atoms with van der Waals surface area (Å²) in [5.41, 5.74) is 1.27. The standard InChI is InChI=1S/C18H21FN4O3S/c1-2-7-20-16(25)10-23-15(11-24)9-22-18(23)27-12-17(26)21-8-13-3-5-14(19)6-4-13/h2-6,9,24H,1,7-8,10-12H2,(H,20,25)(H,21,26). The van der Waals surface area contributed by atoms with Crippen LogP contribution in [-0.4, -0.2) is 38.8 Å². The van der Waals surface area contributed by atoms with Crippen molar-refractivity contribution in [2.75, 3.05) is 12.3 Å². The molecule has 3 N–H and O–H groups in total. The van der Waals surface area contributed by atoms with E-state index in [2.05, 4.69) is 22.2 Å². The summed E-state index contributed by atoms with van der Waals surface area (Å²) in [6.07, 6.45) is 3.04. The van der Waals surface area contributed by atoms with E-state index < -0.39 is 0 Å². The second-order valence-electron chi connectivity index (χ2n) is 5.56. The van der Waals surface area contributed by atoms with Crippen LogP contribution in [0.4, 0.5) is 4.39 Å². The molecule has 0 aliphatic rings. The summed E-state index contributed by atoms with van der Waals surface area (Å²) in [6.45, 7) is 3.89. The number of nitrogens with one attached hydrogen (secondary N) is 2. The Hall–Kier alpha value is -2.65. The summed E-state index contributed by atoms with van der Waals surface area (Å²) in [5.74, 6) is -0.702. The number of aliphatic hydroxyl groups excluding tert-OH is 1. The van der Waals surface area contributed by atoms with Crippen molar-refractivity contribution in [2.24, 2.45) is 0 Å². The predicted octanol–water partition coefficient (Wildman–Crippen LogP) is 1.23. The van der Waals surface area contributed by atoms with Gasteiger partial charge in [-0.15, -0.1) is 6.58 Å². The minimum absolute atomic E-state index is 0.0106. The molecule has 0 aliphatic carbocycles. The molecule has 1 aromatic carbocycles. The lowest BCUT2D eigenvalue weighted by molar-refractivity contribution is -0.121. The number of carbonyl (C=O) groups excluding carboxylic acids is 2. The molecule has 1 aromatic heterocycles. The van der Waals surface area contributed by atoms with Crippen molar-refractivity contribution >= 4 is 23.6 Å². The zero-order chi connectivity index (χ0) is 19.6. The average molecular weight is 392 g/mol. The number of imidazole rings is 1. The number of benzene rings is 1. The third-order valence-electron chi connectivity index (χ3n) is 3.54. The van der Waals surface area contributed by atoms with Crippen molar-refractivity contribution in [3.63, 3.8) is 0 Å². The maximum absolute atomic E-state index is 12.9. The van der Waals surface area contributed by atoms with Gasteiger partial charge < -0.3 is 20.3 Å². The van der Waals surface area contributed by atoms with E-state index in [0.29, 0.717) is 23.9 Å². The number of hydrogen-bond acceptors (Lipinski definition) is 5. The minimum atomic E-state index is -0.329. The van der Waals surface area contributed by atoms with Crippen LogP contribution in [0.15, 0.2) is 48.3 Å². The highest BCUT2D eigenvalue weighted by Gasteiger charge is 2.14. The maximum atomic E-state index is 12.9. The van der Waals surface area contributed by atoms with Gasteiger partial charge in [0.15, 0.2) is 5.16 Å². The van der Waals surface area contributed by atoms with Crippen molar-refractivity contribution in [1.82, 2.24) is 20.2 Å². The first-order valence-corrected chi connectivity index (χ1v) is 9.18. The lowest BCUT2D eigenvalue weighted by atomic mass is 10.2. The van der Waals surface area contributed by atoms with Crippen LogP contribution in [-0.2, 0) is 29.3 Å². The Morgan fingerprint density at radius 2 is 2.00 bits per heavy atom. The number of amides is 2. The number of aromatic nitrogens is 2. The Bertz CT molecular complexity index is 792. The van der Waals surface area contributed by atoms with E-state index in [-0.39, 0.29) is 36.5 Å². The Balaban J connectivity index is 1.89. The van der Waals surface area contributed by atoms with Gasteiger partial charge in [0, 0.05) is 13.1 Å². The lowest BCUT2D eigenvalue weighted by Crippen LogP contribution is -2.28. The molecular weight excluding hydrogens is 371 g/mol. The molecule has 0 saturated heterocycles. The summed E-state index contributed by atoms with van der Waals surface area (Å²) in [5, 5.41) is 15.3. The number of carbonyl (C=O) groups is 2. The molecule has 0 aliphatic heterocycles. The fourth-order valence-electron chi connectivity index (χ4n) is 2.17. The van der Waals surface area contributed by atoms with Crippen LogP contribution in [0.2, 0.25) is 0 Å². The van der Waals surface area contributed by atoms with Gasteiger partial charge in [0.1, 0.15) is 12.4 Å². The minimum Gasteiger partial charge on any atom is -0.390 e. The molecule has 0 unspecified atom stereocenters. The highest BCUT2D eigenvalue weighted by Crippen LogP contribution is 2.18. The van der Waals surface area contributed by atoms with E-state index in [1.807, 2.05) is 0 Å². The van der Waals surface area contributed by atoms with Crippen molar-refractivity contribution in [3.05, 3.63) is 60.2 Å². The first-order chi connectivity index (χ1) is 13.0. The topological polar surface area (TPSA) is 96.2 Å². The summed E-state index contributed by atoms with van der Waals surface area (Å²) < 4.78 is 14.4. The van der Waals surface area contributed by atoms with Crippen molar-refractivity contribution in [3.8, 4) is 0 Å². The SMILES string of the molecule is C=CCNC(=O)Cn1c(CO)cnc1SCC(=O)NCc1ccc(F)cc1. The van der Waals surface area contributed by atoms with Gasteiger partial charge in [-0.3, -0.25) is 9.59 Å². The van der Waals surface area contributed by atoms with Gasteiger partial charge in [-0.1, -0.05) is 30.0 Å². The Kier molecular flexibility index (Phi) is 8.02. The van der Waals surface area contributed by atoms with E-state index in [0.717, 1.165) is 17.3 Å². The highest BCUT2D eigenvalue weighted by molar-refractivity contribution is 7.99. The molecule has 2 rings (SSSR count). The number of nitrogens with zero attached hydrogens (tertiary/aromatic N) is 2. The van der Waals surface area contributed by atoms with Gasteiger partial charge >= 0.3 is 0 Å². The predicted molar refractivity (Wildman–Crippen MR) is 100 cm³/mol. The zero-order valence-electron chi connectivity index (χ0n) is 14.7. The summed E-state index contributed by atoms with van der Waals surface area (Å²) in [4.78, 5) is 28.1. The average Bonchev–Trinajstić information content (AvgIpc) is 3.05. The first-order valence-electron chi connectivity index (χ1n) is 8.20. The van der Waals surface area contributed by atoms with Gasteiger partial charge in [-0.25, -0.2) is 9.37 Å². The maximum Gasteiger partial charge on any atom is 0.240 e. The summed E-state index contributed by atoms with van der Waals surface area (Å²) >= 11 is 1.16. The largest absolute Gasteiger partial charge is 0.390 e. The van der Waals surface area contributed by atoms with Crippen molar-refractivity contribution in [2.45, 2.75) is 24.9 Å². The van der Waals surface area contributed by atoms with Crippen LogP contribution in [0.3, 0.4) is 0 Å². The molecule has 7 nitrogen and oxygen atoms in total. The number of halogens is 1. The first kappa shape index (κ1) is 20.7. The van der Waals surface area contributed by atoms with Gasteiger partial charge in [-0.2, -0.15) is 0 Å². The quantitative estimate of drug-likeness (QED) is 0.417. The second kappa shape index (κ2) is 10.5. The molecule has 27 heavy (non-hydrogen) atoms. The Morgan fingerprint density at radius 3 is 2.67 bits per heavy atom. The smallest absolute Gasteiger partial charge is 0.240 e. The van der Waals surface area contributed by atoms with E-state index in [1.165, 1.54) is 18.3 Å². The molecular formula is C18H21FN4O3S. The van der Waals surface area contributed by atoms with Crippen LogP contribution < -0.4 is 10.6 Å². The summed E-state index contributed by atoms with van der Waals surface area (Å²) in [6, 6.07) is 5.87. The Labute approximate surface area is 160 Å². The van der Waals surface area contributed by atoms with Crippen LogP contribution in [0.5, 0.6) is 0 Å². The lowest BCUT2D eigenvalue weighted by Gasteiger charge is -2.10. The molecule has 2 amide bonds. The normalized spacial score (nSPS) is 10.4. The van der Waals surface area contributed by atoms with E-state index in [1.54, 1.807) is 22.8 Å². The number of hydrogen-bond donors (Lipinski definition) is 3. The summed E-state index contributed by atoms with van der Waals surface area (Å²) in [7, 11) is 0. The monoisotopic (exact) mass is 392 g/mol. The van der Waals surface area contributed by atoms with E-state index in [9.17, 15) is 19.1 Å². The van der Waals surface area contributed by atoms with Crippen LogP contribution in [0.25, 0.3) is 0 Å². The molecule has 0 atom stereocenters. The molecule has 0 bridgehead atoms. The molecule has 144 valence electrons. The van der Waals surface area contributed by atoms with E-state index >= 15 is 0 Å². The van der Waals surface area contributed by atoms with Gasteiger partial charge in [0.25, 0.3) is 0 Å². The van der Waals surface area contributed by atoms with Crippen LogP contribution in [0, 0.1) is 5.82 Å². The van der Waals surface area contributed by atoms with Gasteiger partial charge in [0.2, 0.25) is 11.8 Å². The van der Waals surface area contributed by atoms with E-state index in [4.69, 9.17) is 0 Å². The molecule has 9 heteroatoms. The van der Waals surface area contributed by atoms with Crippen LogP contribution in [0.1, 0.15) is 11.3 Å². The third-order valence-corrected chi connectivity index (χ3v) is 4.53. The molecule has 1 heterocycles. The number of thioether (sulfide) groups is 1. The number of rotatable bonds is 10. The molecule has 0 spiro atoms. The third kappa shape index (κ3) is 6.54. The number of aliphatic hydroxyl groups is 1. The fourth-order valence-corrected chi connectivity index (χ4v) is 3.00. The zero-order valence-corrected chi connectivity index (χ0v) is 15.5. The second-order valence-corrected chi connectivity index (χ2v) is 6.50. The highest BCUT2D eigenvalue weighted by atomic mass is 32.2. The van der Waals surface area contributed by atoms with Gasteiger partial charge in [-0.05, 0) is 17.7 Å².